The Kier molecular flexibility index (Phi) is 9.20. The average Bonchev–Trinajstić information content (AvgIpc) is 3.07. The number of benzene rings is 4. The SMILES string of the molecule is O=C(Nc1ccc(N2CCN(S(=O)(=O)c3ccc4ccccc4c3)CC2)cc1)C(Cc1ccccc1)=NOC1CCCCO1. The Hall–Kier alpha value is -4.25. The third kappa shape index (κ3) is 7.10. The second-order valence-electron chi connectivity index (χ2n) is 11.0. The summed E-state index contributed by atoms with van der Waals surface area (Å²) >= 11 is 0. The summed E-state index contributed by atoms with van der Waals surface area (Å²) in [7, 11) is -3.59. The number of hydrogen-bond donors (Lipinski definition) is 1. The van der Waals surface area contributed by atoms with Gasteiger partial charge in [0, 0.05) is 50.4 Å². The average molecular weight is 613 g/mol. The van der Waals surface area contributed by atoms with Crippen molar-refractivity contribution in [1.29, 1.82) is 0 Å². The maximum Gasteiger partial charge on any atom is 0.273 e. The van der Waals surface area contributed by atoms with Crippen LogP contribution in [0.4, 0.5) is 11.4 Å². The minimum Gasteiger partial charge on any atom is -0.369 e. The second kappa shape index (κ2) is 13.6. The highest BCUT2D eigenvalue weighted by molar-refractivity contribution is 7.89. The molecule has 1 N–H and O–H groups in total. The summed E-state index contributed by atoms with van der Waals surface area (Å²) < 4.78 is 33.9. The predicted octanol–water partition coefficient (Wildman–Crippen LogP) is 5.43. The van der Waals surface area contributed by atoms with Gasteiger partial charge in [0.15, 0.2) is 0 Å². The molecule has 0 radical (unpaired) electrons. The van der Waals surface area contributed by atoms with Gasteiger partial charge in [-0.2, -0.15) is 4.31 Å². The molecule has 1 unspecified atom stereocenters. The van der Waals surface area contributed by atoms with Gasteiger partial charge in [-0.3, -0.25) is 4.79 Å². The normalized spacial score (nSPS) is 18.2. The van der Waals surface area contributed by atoms with E-state index in [1.165, 1.54) is 0 Å². The molecule has 1 atom stereocenters. The van der Waals surface area contributed by atoms with Crippen LogP contribution >= 0.6 is 0 Å². The number of hydrogen-bond acceptors (Lipinski definition) is 7. The fraction of sp³-hybridized carbons (Fsp3) is 0.294. The van der Waals surface area contributed by atoms with Crippen LogP contribution in [0.1, 0.15) is 24.8 Å². The van der Waals surface area contributed by atoms with E-state index in [9.17, 15) is 13.2 Å². The van der Waals surface area contributed by atoms with Crippen LogP contribution < -0.4 is 10.2 Å². The van der Waals surface area contributed by atoms with Gasteiger partial charge in [0.05, 0.1) is 11.5 Å². The Bertz CT molecular complexity index is 1710. The highest BCUT2D eigenvalue weighted by Crippen LogP contribution is 2.25. The summed E-state index contributed by atoms with van der Waals surface area (Å²) in [4.78, 5) is 21.3. The number of oxime groups is 1. The number of anilines is 2. The molecule has 2 aliphatic rings. The monoisotopic (exact) mass is 612 g/mol. The van der Waals surface area contributed by atoms with Crippen molar-refractivity contribution in [3.8, 4) is 0 Å². The maximum atomic E-state index is 13.4. The van der Waals surface area contributed by atoms with Crippen molar-refractivity contribution in [3.63, 3.8) is 0 Å². The number of nitrogens with zero attached hydrogens (tertiary/aromatic N) is 3. The summed E-state index contributed by atoms with van der Waals surface area (Å²) in [5.74, 6) is -0.343. The molecule has 0 saturated carbocycles. The number of ether oxygens (including phenoxy) is 1. The number of carbonyl (C=O) groups excluding carboxylic acids is 1. The van der Waals surface area contributed by atoms with E-state index in [1.54, 1.807) is 16.4 Å². The smallest absolute Gasteiger partial charge is 0.273 e. The van der Waals surface area contributed by atoms with Crippen LogP contribution in [0.2, 0.25) is 0 Å². The Morgan fingerprint density at radius 3 is 2.32 bits per heavy atom. The highest BCUT2D eigenvalue weighted by Gasteiger charge is 2.29. The van der Waals surface area contributed by atoms with Crippen LogP contribution in [0, 0.1) is 0 Å². The number of amides is 1. The standard InChI is InChI=1S/C34H36N4O5S/c39-34(32(24-26-8-2-1-3-9-26)36-43-33-12-6-7-23-42-33)35-29-14-16-30(17-15-29)37-19-21-38(22-20-37)44(40,41)31-18-13-27-10-4-5-11-28(27)25-31/h1-5,8-11,13-18,25,33H,6-7,12,19-24H2,(H,35,39). The van der Waals surface area contributed by atoms with Gasteiger partial charge >= 0.3 is 0 Å². The molecule has 44 heavy (non-hydrogen) atoms. The zero-order valence-corrected chi connectivity index (χ0v) is 25.3. The molecule has 2 heterocycles. The molecule has 4 aromatic rings. The summed E-state index contributed by atoms with van der Waals surface area (Å²) in [6, 6.07) is 30.3. The number of piperazine rings is 1. The molecule has 4 aromatic carbocycles. The van der Waals surface area contributed by atoms with Gasteiger partial charge in [0.1, 0.15) is 5.71 Å². The molecule has 2 saturated heterocycles. The number of carbonyl (C=O) groups is 1. The number of fused-ring (bicyclic) bond motifs is 1. The van der Waals surface area contributed by atoms with E-state index in [0.717, 1.165) is 41.3 Å². The summed E-state index contributed by atoms with van der Waals surface area (Å²) in [5, 5.41) is 9.07. The molecule has 6 rings (SSSR count). The molecule has 0 aromatic heterocycles. The zero-order chi connectivity index (χ0) is 30.4. The molecule has 0 spiro atoms. The topological polar surface area (TPSA) is 101 Å². The fourth-order valence-corrected chi connectivity index (χ4v) is 6.94. The largest absolute Gasteiger partial charge is 0.369 e. The van der Waals surface area contributed by atoms with E-state index < -0.39 is 16.3 Å². The van der Waals surface area contributed by atoms with E-state index in [2.05, 4.69) is 15.4 Å². The maximum absolute atomic E-state index is 13.4. The Morgan fingerprint density at radius 1 is 0.864 bits per heavy atom. The molecule has 2 fully saturated rings. The van der Waals surface area contributed by atoms with E-state index >= 15 is 0 Å². The predicted molar refractivity (Wildman–Crippen MR) is 172 cm³/mol. The van der Waals surface area contributed by atoms with Gasteiger partial charge in [0.2, 0.25) is 16.3 Å². The Morgan fingerprint density at radius 2 is 1.59 bits per heavy atom. The lowest BCUT2D eigenvalue weighted by atomic mass is 10.1. The number of sulfonamides is 1. The summed E-state index contributed by atoms with van der Waals surface area (Å²) in [6.07, 6.45) is 2.63. The van der Waals surface area contributed by atoms with Crippen molar-refractivity contribution in [2.75, 3.05) is 43.0 Å². The first-order chi connectivity index (χ1) is 21.5. The lowest BCUT2D eigenvalue weighted by Gasteiger charge is -2.35. The first-order valence-corrected chi connectivity index (χ1v) is 16.4. The van der Waals surface area contributed by atoms with Gasteiger partial charge in [-0.05, 0) is 65.6 Å². The van der Waals surface area contributed by atoms with Crippen LogP contribution in [-0.4, -0.2) is 63.4 Å². The number of rotatable bonds is 9. The lowest BCUT2D eigenvalue weighted by Crippen LogP contribution is -2.48. The first kappa shape index (κ1) is 29.8. The Labute approximate surface area is 258 Å². The van der Waals surface area contributed by atoms with Crippen LogP contribution in [0.5, 0.6) is 0 Å². The van der Waals surface area contributed by atoms with Crippen molar-refractivity contribution in [3.05, 3.63) is 103 Å². The van der Waals surface area contributed by atoms with Crippen LogP contribution in [0.3, 0.4) is 0 Å². The lowest BCUT2D eigenvalue weighted by molar-refractivity contribution is -0.162. The van der Waals surface area contributed by atoms with Crippen molar-refractivity contribution < 1.29 is 22.8 Å². The van der Waals surface area contributed by atoms with Crippen LogP contribution in [0.15, 0.2) is 107 Å². The summed E-state index contributed by atoms with van der Waals surface area (Å²) in [5.41, 5.74) is 2.80. The van der Waals surface area contributed by atoms with Crippen molar-refractivity contribution in [1.82, 2.24) is 4.31 Å². The molecule has 228 valence electrons. The Balaban J connectivity index is 1.07. The molecular weight excluding hydrogens is 576 g/mol. The zero-order valence-electron chi connectivity index (χ0n) is 24.5. The molecule has 9 nitrogen and oxygen atoms in total. The molecule has 10 heteroatoms. The van der Waals surface area contributed by atoms with Crippen molar-refractivity contribution in [2.45, 2.75) is 36.9 Å². The minimum atomic E-state index is -3.59. The first-order valence-electron chi connectivity index (χ1n) is 15.0. The van der Waals surface area contributed by atoms with Gasteiger partial charge in [-0.25, -0.2) is 8.42 Å². The van der Waals surface area contributed by atoms with Crippen LogP contribution in [0.25, 0.3) is 10.8 Å². The number of nitrogens with one attached hydrogen (secondary N) is 1. The summed E-state index contributed by atoms with van der Waals surface area (Å²) in [6.45, 7) is 2.53. The van der Waals surface area contributed by atoms with E-state index in [0.29, 0.717) is 49.8 Å². The van der Waals surface area contributed by atoms with E-state index in [-0.39, 0.29) is 11.6 Å². The van der Waals surface area contributed by atoms with E-state index in [4.69, 9.17) is 9.57 Å². The highest BCUT2D eigenvalue weighted by atomic mass is 32.2. The molecule has 2 aliphatic heterocycles. The molecular formula is C34H36N4O5S. The third-order valence-electron chi connectivity index (χ3n) is 7.98. The van der Waals surface area contributed by atoms with Crippen molar-refractivity contribution >= 4 is 43.8 Å². The molecule has 1 amide bonds. The molecule has 0 bridgehead atoms. The van der Waals surface area contributed by atoms with E-state index in [1.807, 2.05) is 84.9 Å². The van der Waals surface area contributed by atoms with Crippen LogP contribution in [-0.2, 0) is 30.8 Å². The van der Waals surface area contributed by atoms with Gasteiger partial charge in [-0.1, -0.05) is 65.8 Å². The van der Waals surface area contributed by atoms with Gasteiger partial charge in [-0.15, -0.1) is 0 Å². The molecule has 0 aliphatic carbocycles. The fourth-order valence-electron chi connectivity index (χ4n) is 5.48. The van der Waals surface area contributed by atoms with Gasteiger partial charge < -0.3 is 19.8 Å². The third-order valence-corrected chi connectivity index (χ3v) is 9.88. The quantitative estimate of drug-likeness (QED) is 0.200. The van der Waals surface area contributed by atoms with Crippen molar-refractivity contribution in [2.24, 2.45) is 5.16 Å². The second-order valence-corrected chi connectivity index (χ2v) is 12.9. The minimum absolute atomic E-state index is 0.262. The van der Waals surface area contributed by atoms with Gasteiger partial charge in [0.25, 0.3) is 5.91 Å².